The Kier molecular flexibility index (Phi) is 3.87. The first-order chi connectivity index (χ1) is 9.74. The maximum absolute atomic E-state index is 11.4. The van der Waals surface area contributed by atoms with Gasteiger partial charge in [0.2, 0.25) is 5.91 Å². The van der Waals surface area contributed by atoms with Gasteiger partial charge in [-0.1, -0.05) is 6.07 Å². The molecule has 0 saturated carbocycles. The summed E-state index contributed by atoms with van der Waals surface area (Å²) in [7, 11) is 0. The number of pyridine rings is 1. The smallest absolute Gasteiger partial charge is 0.219 e. The fourth-order valence-electron chi connectivity index (χ4n) is 3.00. The minimum atomic E-state index is 0.168. The fourth-order valence-corrected chi connectivity index (χ4v) is 3.00. The molecule has 2 aliphatic rings. The Morgan fingerprint density at radius 1 is 1.30 bits per heavy atom. The van der Waals surface area contributed by atoms with Crippen LogP contribution in [0, 0.1) is 0 Å². The Balaban J connectivity index is 1.68. The molecule has 1 N–H and O–H groups in total. The van der Waals surface area contributed by atoms with E-state index in [1.807, 2.05) is 4.90 Å². The van der Waals surface area contributed by atoms with Crippen LogP contribution in [0.2, 0.25) is 0 Å². The van der Waals surface area contributed by atoms with E-state index >= 15 is 0 Å². The van der Waals surface area contributed by atoms with Gasteiger partial charge in [-0.25, -0.2) is 4.98 Å². The fraction of sp³-hybridized carbons (Fsp3) is 0.600. The van der Waals surface area contributed by atoms with E-state index in [0.717, 1.165) is 44.2 Å². The van der Waals surface area contributed by atoms with Gasteiger partial charge >= 0.3 is 0 Å². The molecule has 0 spiro atoms. The number of piperazine rings is 1. The normalized spacial score (nSPS) is 23.1. The average Bonchev–Trinajstić information content (AvgIpc) is 3.02. The first-order valence-corrected chi connectivity index (χ1v) is 7.45. The number of anilines is 1. The second-order valence-electron chi connectivity index (χ2n) is 5.56. The molecule has 2 saturated heterocycles. The maximum atomic E-state index is 11.4. The van der Waals surface area contributed by atoms with Gasteiger partial charge in [0.1, 0.15) is 5.82 Å². The average molecular weight is 274 g/mol. The highest BCUT2D eigenvalue weighted by Gasteiger charge is 2.21. The van der Waals surface area contributed by atoms with E-state index in [2.05, 4.69) is 28.4 Å². The van der Waals surface area contributed by atoms with Crippen molar-refractivity contribution in [3.05, 3.63) is 23.9 Å². The molecule has 0 aliphatic carbocycles. The molecule has 3 rings (SSSR count). The van der Waals surface area contributed by atoms with Crippen LogP contribution in [0.1, 0.15) is 31.5 Å². The van der Waals surface area contributed by atoms with Gasteiger partial charge in [-0.05, 0) is 31.5 Å². The zero-order valence-corrected chi connectivity index (χ0v) is 12.0. The standard InChI is InChI=1S/C15H22N4O/c1-12(20)18-8-10-19(11-9-18)15-6-2-4-14(17-15)13-5-3-7-16-13/h2,4,6,13,16H,3,5,7-11H2,1H3. The van der Waals surface area contributed by atoms with Gasteiger partial charge in [0.15, 0.2) is 0 Å². The predicted octanol–water partition coefficient (Wildman–Crippen LogP) is 1.17. The van der Waals surface area contributed by atoms with Gasteiger partial charge in [-0.15, -0.1) is 0 Å². The van der Waals surface area contributed by atoms with Crippen LogP contribution in [0.3, 0.4) is 0 Å². The monoisotopic (exact) mass is 274 g/mol. The number of nitrogens with one attached hydrogen (secondary N) is 1. The molecule has 1 atom stereocenters. The summed E-state index contributed by atoms with van der Waals surface area (Å²) >= 11 is 0. The van der Waals surface area contributed by atoms with Crippen LogP contribution in [0.4, 0.5) is 5.82 Å². The molecule has 5 nitrogen and oxygen atoms in total. The number of amides is 1. The topological polar surface area (TPSA) is 48.5 Å². The quantitative estimate of drug-likeness (QED) is 0.879. The van der Waals surface area contributed by atoms with E-state index in [4.69, 9.17) is 4.98 Å². The lowest BCUT2D eigenvalue weighted by atomic mass is 10.1. The van der Waals surface area contributed by atoms with Crippen LogP contribution in [0.25, 0.3) is 0 Å². The van der Waals surface area contributed by atoms with Crippen molar-refractivity contribution in [1.82, 2.24) is 15.2 Å². The van der Waals surface area contributed by atoms with Crippen molar-refractivity contribution in [3.63, 3.8) is 0 Å². The van der Waals surface area contributed by atoms with Crippen molar-refractivity contribution < 1.29 is 4.79 Å². The van der Waals surface area contributed by atoms with E-state index in [1.165, 1.54) is 12.8 Å². The first kappa shape index (κ1) is 13.4. The second kappa shape index (κ2) is 5.79. The number of rotatable bonds is 2. The van der Waals surface area contributed by atoms with Crippen LogP contribution in [0.5, 0.6) is 0 Å². The van der Waals surface area contributed by atoms with Crippen LogP contribution < -0.4 is 10.2 Å². The van der Waals surface area contributed by atoms with E-state index < -0.39 is 0 Å². The molecule has 0 radical (unpaired) electrons. The molecule has 1 amide bonds. The Hall–Kier alpha value is -1.62. The molecule has 1 unspecified atom stereocenters. The highest BCUT2D eigenvalue weighted by atomic mass is 16.2. The lowest BCUT2D eigenvalue weighted by Gasteiger charge is -2.35. The molecule has 1 aromatic heterocycles. The summed E-state index contributed by atoms with van der Waals surface area (Å²) in [6.45, 7) is 6.06. The lowest BCUT2D eigenvalue weighted by molar-refractivity contribution is -0.129. The summed E-state index contributed by atoms with van der Waals surface area (Å²) in [6, 6.07) is 6.68. The molecule has 3 heterocycles. The van der Waals surface area contributed by atoms with Crippen molar-refractivity contribution >= 4 is 11.7 Å². The largest absolute Gasteiger partial charge is 0.353 e. The minimum Gasteiger partial charge on any atom is -0.353 e. The second-order valence-corrected chi connectivity index (χ2v) is 5.56. The van der Waals surface area contributed by atoms with Crippen molar-refractivity contribution in [2.75, 3.05) is 37.6 Å². The lowest BCUT2D eigenvalue weighted by Crippen LogP contribution is -2.48. The Bertz CT molecular complexity index is 477. The van der Waals surface area contributed by atoms with Crippen molar-refractivity contribution in [3.8, 4) is 0 Å². The van der Waals surface area contributed by atoms with E-state index in [1.54, 1.807) is 6.92 Å². The van der Waals surface area contributed by atoms with E-state index in [-0.39, 0.29) is 5.91 Å². The molecule has 5 heteroatoms. The zero-order chi connectivity index (χ0) is 13.9. The molecule has 2 aliphatic heterocycles. The summed E-state index contributed by atoms with van der Waals surface area (Å²) < 4.78 is 0. The van der Waals surface area contributed by atoms with Crippen molar-refractivity contribution in [2.45, 2.75) is 25.8 Å². The minimum absolute atomic E-state index is 0.168. The van der Waals surface area contributed by atoms with Gasteiger partial charge in [-0.2, -0.15) is 0 Å². The summed E-state index contributed by atoms with van der Waals surface area (Å²) in [5.41, 5.74) is 1.15. The Morgan fingerprint density at radius 2 is 2.10 bits per heavy atom. The maximum Gasteiger partial charge on any atom is 0.219 e. The Labute approximate surface area is 120 Å². The summed E-state index contributed by atoms with van der Waals surface area (Å²) in [5, 5.41) is 3.49. The van der Waals surface area contributed by atoms with Crippen LogP contribution in [-0.2, 0) is 4.79 Å². The SMILES string of the molecule is CC(=O)N1CCN(c2cccc(C3CCCN3)n2)CC1. The van der Waals surface area contributed by atoms with E-state index in [9.17, 15) is 4.79 Å². The van der Waals surface area contributed by atoms with Crippen LogP contribution >= 0.6 is 0 Å². The van der Waals surface area contributed by atoms with Gasteiger partial charge in [-0.3, -0.25) is 4.79 Å². The molecule has 0 aromatic carbocycles. The summed E-state index contributed by atoms with van der Waals surface area (Å²) in [4.78, 5) is 20.3. The molecule has 2 fully saturated rings. The third-order valence-electron chi connectivity index (χ3n) is 4.22. The number of aromatic nitrogens is 1. The van der Waals surface area contributed by atoms with Gasteiger partial charge in [0.25, 0.3) is 0 Å². The first-order valence-electron chi connectivity index (χ1n) is 7.45. The number of carbonyl (C=O) groups excluding carboxylic acids is 1. The van der Waals surface area contributed by atoms with E-state index in [0.29, 0.717) is 6.04 Å². The molecular weight excluding hydrogens is 252 g/mol. The number of hydrogen-bond acceptors (Lipinski definition) is 4. The Morgan fingerprint density at radius 3 is 2.75 bits per heavy atom. The zero-order valence-electron chi connectivity index (χ0n) is 12.0. The third-order valence-corrected chi connectivity index (χ3v) is 4.22. The van der Waals surface area contributed by atoms with Crippen LogP contribution in [-0.4, -0.2) is 48.5 Å². The highest BCUT2D eigenvalue weighted by molar-refractivity contribution is 5.73. The number of nitrogens with zero attached hydrogens (tertiary/aromatic N) is 3. The van der Waals surface area contributed by atoms with Gasteiger partial charge < -0.3 is 15.1 Å². The molecule has 108 valence electrons. The van der Waals surface area contributed by atoms with Gasteiger partial charge in [0, 0.05) is 39.1 Å². The summed E-state index contributed by atoms with van der Waals surface area (Å²) in [6.07, 6.45) is 2.41. The highest BCUT2D eigenvalue weighted by Crippen LogP contribution is 2.23. The molecular formula is C15H22N4O. The molecule has 0 bridgehead atoms. The van der Waals surface area contributed by atoms with Crippen LogP contribution in [0.15, 0.2) is 18.2 Å². The summed E-state index contributed by atoms with van der Waals surface area (Å²) in [5.74, 6) is 1.21. The predicted molar refractivity (Wildman–Crippen MR) is 78.7 cm³/mol. The molecule has 20 heavy (non-hydrogen) atoms. The van der Waals surface area contributed by atoms with Gasteiger partial charge in [0.05, 0.1) is 5.69 Å². The third kappa shape index (κ3) is 2.77. The van der Waals surface area contributed by atoms with Crippen molar-refractivity contribution in [1.29, 1.82) is 0 Å². The van der Waals surface area contributed by atoms with Crippen molar-refractivity contribution in [2.24, 2.45) is 0 Å². The number of carbonyl (C=O) groups is 1. The molecule has 1 aromatic rings. The number of hydrogen-bond donors (Lipinski definition) is 1.